The fourth-order valence-corrected chi connectivity index (χ4v) is 1.84. The van der Waals surface area contributed by atoms with E-state index in [1.807, 2.05) is 0 Å². The fourth-order valence-electron chi connectivity index (χ4n) is 1.84. The van der Waals surface area contributed by atoms with Crippen LogP contribution in [0.1, 0.15) is 18.1 Å². The highest BCUT2D eigenvalue weighted by atomic mass is 16.5. The summed E-state index contributed by atoms with van der Waals surface area (Å²) in [7, 11) is 3.86. The number of hydrogen-bond donors (Lipinski definition) is 1. The monoisotopic (exact) mass is 236 g/mol. The SMILES string of the molecule is CCN(C)c1cccc(CNCCOC)c1C. The maximum atomic E-state index is 5.02. The first-order valence-electron chi connectivity index (χ1n) is 6.20. The summed E-state index contributed by atoms with van der Waals surface area (Å²) < 4.78 is 5.02. The zero-order valence-corrected chi connectivity index (χ0v) is 11.4. The van der Waals surface area contributed by atoms with Crippen LogP contribution >= 0.6 is 0 Å². The van der Waals surface area contributed by atoms with Crippen LogP contribution in [0, 0.1) is 6.92 Å². The first-order chi connectivity index (χ1) is 8.20. The highest BCUT2D eigenvalue weighted by Crippen LogP contribution is 2.21. The molecule has 0 bridgehead atoms. The number of anilines is 1. The molecule has 0 spiro atoms. The van der Waals surface area contributed by atoms with E-state index in [4.69, 9.17) is 4.74 Å². The van der Waals surface area contributed by atoms with Crippen LogP contribution < -0.4 is 10.2 Å². The molecule has 0 aromatic heterocycles. The van der Waals surface area contributed by atoms with Crippen LogP contribution in [0.15, 0.2) is 18.2 Å². The smallest absolute Gasteiger partial charge is 0.0587 e. The number of hydrogen-bond acceptors (Lipinski definition) is 3. The quantitative estimate of drug-likeness (QED) is 0.734. The lowest BCUT2D eigenvalue weighted by Crippen LogP contribution is -2.21. The van der Waals surface area contributed by atoms with Gasteiger partial charge < -0.3 is 15.0 Å². The Labute approximate surface area is 105 Å². The molecule has 0 amide bonds. The highest BCUT2D eigenvalue weighted by Gasteiger charge is 2.06. The molecule has 1 aromatic carbocycles. The van der Waals surface area contributed by atoms with Crippen LogP contribution in [-0.4, -0.2) is 33.9 Å². The lowest BCUT2D eigenvalue weighted by atomic mass is 10.1. The molecule has 3 nitrogen and oxygen atoms in total. The van der Waals surface area contributed by atoms with Gasteiger partial charge in [-0.1, -0.05) is 12.1 Å². The molecule has 0 atom stereocenters. The molecule has 0 fully saturated rings. The van der Waals surface area contributed by atoms with Crippen LogP contribution in [0.5, 0.6) is 0 Å². The molecule has 0 radical (unpaired) electrons. The zero-order valence-electron chi connectivity index (χ0n) is 11.4. The van der Waals surface area contributed by atoms with Gasteiger partial charge in [-0.05, 0) is 31.0 Å². The summed E-state index contributed by atoms with van der Waals surface area (Å²) in [5.41, 5.74) is 4.04. The second kappa shape index (κ2) is 7.30. The van der Waals surface area contributed by atoms with E-state index in [2.05, 4.69) is 49.3 Å². The third kappa shape index (κ3) is 4.02. The van der Waals surface area contributed by atoms with E-state index in [-0.39, 0.29) is 0 Å². The average Bonchev–Trinajstić information content (AvgIpc) is 2.35. The van der Waals surface area contributed by atoms with Crippen molar-refractivity contribution in [3.05, 3.63) is 29.3 Å². The number of nitrogens with one attached hydrogen (secondary N) is 1. The Balaban J connectivity index is 2.66. The second-order valence-electron chi connectivity index (χ2n) is 4.25. The molecule has 1 rings (SSSR count). The Morgan fingerprint density at radius 3 is 2.76 bits per heavy atom. The van der Waals surface area contributed by atoms with E-state index < -0.39 is 0 Å². The molecule has 0 saturated carbocycles. The molecular weight excluding hydrogens is 212 g/mol. The van der Waals surface area contributed by atoms with Crippen molar-refractivity contribution in [2.24, 2.45) is 0 Å². The lowest BCUT2D eigenvalue weighted by Gasteiger charge is -2.21. The van der Waals surface area contributed by atoms with Crippen LogP contribution in [0.4, 0.5) is 5.69 Å². The summed E-state index contributed by atoms with van der Waals surface area (Å²) in [6.07, 6.45) is 0. The Morgan fingerprint density at radius 1 is 1.35 bits per heavy atom. The normalized spacial score (nSPS) is 10.6. The Hall–Kier alpha value is -1.06. The van der Waals surface area contributed by atoms with E-state index >= 15 is 0 Å². The van der Waals surface area contributed by atoms with Gasteiger partial charge in [0.25, 0.3) is 0 Å². The minimum absolute atomic E-state index is 0.758. The molecule has 0 saturated heterocycles. The standard InChI is InChI=1S/C14H24N2O/c1-5-16(3)14-8-6-7-13(12(14)2)11-15-9-10-17-4/h6-8,15H,5,9-11H2,1-4H3. The van der Waals surface area contributed by atoms with E-state index in [0.717, 1.165) is 26.2 Å². The number of ether oxygens (including phenoxy) is 1. The maximum Gasteiger partial charge on any atom is 0.0587 e. The maximum absolute atomic E-state index is 5.02. The van der Waals surface area contributed by atoms with Gasteiger partial charge in [0.15, 0.2) is 0 Å². The van der Waals surface area contributed by atoms with Crippen LogP contribution in [-0.2, 0) is 11.3 Å². The van der Waals surface area contributed by atoms with E-state index in [9.17, 15) is 0 Å². The highest BCUT2D eigenvalue weighted by molar-refractivity contribution is 5.55. The summed E-state index contributed by atoms with van der Waals surface area (Å²) >= 11 is 0. The fraction of sp³-hybridized carbons (Fsp3) is 0.571. The van der Waals surface area contributed by atoms with Gasteiger partial charge in [-0.25, -0.2) is 0 Å². The molecule has 1 aromatic rings. The predicted octanol–water partition coefficient (Wildman–Crippen LogP) is 2.19. The van der Waals surface area contributed by atoms with Gasteiger partial charge in [-0.15, -0.1) is 0 Å². The minimum atomic E-state index is 0.758. The van der Waals surface area contributed by atoms with Gasteiger partial charge in [0, 0.05) is 39.5 Å². The predicted molar refractivity (Wildman–Crippen MR) is 73.7 cm³/mol. The number of nitrogens with zero attached hydrogens (tertiary/aromatic N) is 1. The van der Waals surface area contributed by atoms with Crippen molar-refractivity contribution in [2.75, 3.05) is 38.8 Å². The third-order valence-electron chi connectivity index (χ3n) is 3.10. The zero-order chi connectivity index (χ0) is 12.7. The van der Waals surface area contributed by atoms with Crippen molar-refractivity contribution in [3.8, 4) is 0 Å². The van der Waals surface area contributed by atoms with Crippen molar-refractivity contribution in [2.45, 2.75) is 20.4 Å². The first-order valence-corrected chi connectivity index (χ1v) is 6.20. The van der Waals surface area contributed by atoms with Crippen molar-refractivity contribution < 1.29 is 4.74 Å². The first kappa shape index (κ1) is 14.0. The largest absolute Gasteiger partial charge is 0.383 e. The lowest BCUT2D eigenvalue weighted by molar-refractivity contribution is 0.199. The van der Waals surface area contributed by atoms with Crippen LogP contribution in [0.3, 0.4) is 0 Å². The molecule has 0 unspecified atom stereocenters. The molecule has 0 aliphatic carbocycles. The summed E-state index contributed by atoms with van der Waals surface area (Å²) in [6, 6.07) is 6.49. The molecule has 3 heteroatoms. The number of rotatable bonds is 7. The van der Waals surface area contributed by atoms with Gasteiger partial charge in [-0.2, -0.15) is 0 Å². The number of methoxy groups -OCH3 is 1. The molecule has 0 heterocycles. The second-order valence-corrected chi connectivity index (χ2v) is 4.25. The van der Waals surface area contributed by atoms with E-state index in [1.54, 1.807) is 7.11 Å². The molecule has 17 heavy (non-hydrogen) atoms. The summed E-state index contributed by atoms with van der Waals surface area (Å²) in [5.74, 6) is 0. The summed E-state index contributed by atoms with van der Waals surface area (Å²) in [5, 5.41) is 3.38. The third-order valence-corrected chi connectivity index (χ3v) is 3.10. The molecule has 0 aliphatic heterocycles. The van der Waals surface area contributed by atoms with Crippen LogP contribution in [0.25, 0.3) is 0 Å². The Bertz CT molecular complexity index is 339. The number of benzene rings is 1. The van der Waals surface area contributed by atoms with Gasteiger partial charge >= 0.3 is 0 Å². The molecule has 0 aliphatic rings. The minimum Gasteiger partial charge on any atom is -0.383 e. The van der Waals surface area contributed by atoms with Crippen molar-refractivity contribution in [1.82, 2.24) is 5.32 Å². The molecule has 1 N–H and O–H groups in total. The molecular formula is C14H24N2O. The Morgan fingerprint density at radius 2 is 2.12 bits per heavy atom. The van der Waals surface area contributed by atoms with Crippen molar-refractivity contribution >= 4 is 5.69 Å². The van der Waals surface area contributed by atoms with Gasteiger partial charge in [0.1, 0.15) is 0 Å². The van der Waals surface area contributed by atoms with Crippen molar-refractivity contribution in [3.63, 3.8) is 0 Å². The van der Waals surface area contributed by atoms with Crippen LogP contribution in [0.2, 0.25) is 0 Å². The van der Waals surface area contributed by atoms with E-state index in [0.29, 0.717) is 0 Å². The average molecular weight is 236 g/mol. The van der Waals surface area contributed by atoms with Crippen molar-refractivity contribution in [1.29, 1.82) is 0 Å². The Kier molecular flexibility index (Phi) is 6.01. The topological polar surface area (TPSA) is 24.5 Å². The summed E-state index contributed by atoms with van der Waals surface area (Å²) in [4.78, 5) is 2.27. The van der Waals surface area contributed by atoms with E-state index in [1.165, 1.54) is 16.8 Å². The van der Waals surface area contributed by atoms with Gasteiger partial charge in [0.2, 0.25) is 0 Å². The van der Waals surface area contributed by atoms with Gasteiger partial charge in [0.05, 0.1) is 6.61 Å². The summed E-state index contributed by atoms with van der Waals surface area (Å²) in [6.45, 7) is 7.94. The van der Waals surface area contributed by atoms with Gasteiger partial charge in [-0.3, -0.25) is 0 Å². The molecule has 96 valence electrons.